The van der Waals surface area contributed by atoms with Gasteiger partial charge in [-0.3, -0.25) is 4.79 Å². The third-order valence-corrected chi connectivity index (χ3v) is 3.98. The Morgan fingerprint density at radius 1 is 0.944 bits per heavy atom. The Kier molecular flexibility index (Phi) is 3.89. The van der Waals surface area contributed by atoms with E-state index in [9.17, 15) is 4.79 Å². The first-order valence-corrected chi connectivity index (χ1v) is 7.20. The maximum absolute atomic E-state index is 12.3. The van der Waals surface area contributed by atoms with Crippen molar-refractivity contribution in [3.8, 4) is 0 Å². The minimum Gasteiger partial charge on any atom is -0.294 e. The lowest BCUT2D eigenvalue weighted by Crippen LogP contribution is -2.07. The van der Waals surface area contributed by atoms with E-state index in [1.807, 2.05) is 0 Å². The fourth-order valence-electron chi connectivity index (χ4n) is 2.82. The van der Waals surface area contributed by atoms with Crippen LogP contribution in [0.15, 0.2) is 12.1 Å². The first-order chi connectivity index (χ1) is 8.50. The van der Waals surface area contributed by atoms with Crippen molar-refractivity contribution in [2.24, 2.45) is 0 Å². The van der Waals surface area contributed by atoms with Gasteiger partial charge in [-0.05, 0) is 53.9 Å². The fourth-order valence-corrected chi connectivity index (χ4v) is 2.82. The van der Waals surface area contributed by atoms with Gasteiger partial charge in [0.1, 0.15) is 0 Å². The second kappa shape index (κ2) is 5.26. The Bertz CT molecular complexity index is 455. The second-order valence-electron chi connectivity index (χ2n) is 6.08. The summed E-state index contributed by atoms with van der Waals surface area (Å²) in [5.74, 6) is 1.35. The summed E-state index contributed by atoms with van der Waals surface area (Å²) in [6, 6.07) is 4.48. The molecule has 0 amide bonds. The number of Topliss-reactive ketones (excluding diaryl/α,β-unsaturated/α-hetero) is 1. The number of hydrogen-bond acceptors (Lipinski definition) is 1. The zero-order valence-corrected chi connectivity index (χ0v) is 12.0. The first-order valence-electron chi connectivity index (χ1n) is 7.20. The van der Waals surface area contributed by atoms with Gasteiger partial charge < -0.3 is 0 Å². The topological polar surface area (TPSA) is 17.1 Å². The van der Waals surface area contributed by atoms with Gasteiger partial charge in [0.25, 0.3) is 0 Å². The van der Waals surface area contributed by atoms with Gasteiger partial charge in [0.2, 0.25) is 0 Å². The van der Waals surface area contributed by atoms with E-state index >= 15 is 0 Å². The Hall–Kier alpha value is -1.11. The highest BCUT2D eigenvalue weighted by Crippen LogP contribution is 2.32. The summed E-state index contributed by atoms with van der Waals surface area (Å²) < 4.78 is 0. The summed E-state index contributed by atoms with van der Waals surface area (Å²) in [6.45, 7) is 8.87. The van der Waals surface area contributed by atoms with Gasteiger partial charge >= 0.3 is 0 Å². The molecule has 2 rings (SSSR count). The summed E-state index contributed by atoms with van der Waals surface area (Å²) >= 11 is 0. The molecule has 98 valence electrons. The molecule has 0 atom stereocenters. The molecule has 1 aromatic carbocycles. The van der Waals surface area contributed by atoms with E-state index in [-0.39, 0.29) is 0 Å². The molecule has 0 saturated heterocycles. The molecule has 0 spiro atoms. The molecule has 1 heteroatoms. The number of carbonyl (C=O) groups excluding carboxylic acids is 1. The average molecular weight is 244 g/mol. The molecule has 1 aliphatic carbocycles. The van der Waals surface area contributed by atoms with Crippen LogP contribution in [0.25, 0.3) is 0 Å². The normalized spacial score (nSPS) is 16.0. The Labute approximate surface area is 111 Å². The Morgan fingerprint density at radius 2 is 1.61 bits per heavy atom. The molecule has 1 aromatic rings. The number of benzene rings is 1. The van der Waals surface area contributed by atoms with E-state index in [4.69, 9.17) is 0 Å². The predicted octanol–water partition coefficient (Wildman–Crippen LogP) is 4.84. The van der Waals surface area contributed by atoms with Crippen molar-refractivity contribution in [3.63, 3.8) is 0 Å². The summed E-state index contributed by atoms with van der Waals surface area (Å²) in [7, 11) is 0. The number of rotatable bonds is 2. The van der Waals surface area contributed by atoms with Gasteiger partial charge in [-0.25, -0.2) is 0 Å². The van der Waals surface area contributed by atoms with Crippen molar-refractivity contribution in [2.75, 3.05) is 0 Å². The standard InChI is InChI=1S/C17H24O/c1-11(2)13-9-15(12(3)4)14-7-5-6-8-17(18)16(14)10-13/h9-12H,5-8H2,1-4H3. The second-order valence-corrected chi connectivity index (χ2v) is 6.08. The first kappa shape index (κ1) is 13.3. The summed E-state index contributed by atoms with van der Waals surface area (Å²) in [6.07, 6.45) is 4.00. The van der Waals surface area contributed by atoms with Gasteiger partial charge in [0, 0.05) is 12.0 Å². The van der Waals surface area contributed by atoms with Crippen molar-refractivity contribution in [2.45, 2.75) is 65.2 Å². The van der Waals surface area contributed by atoms with Crippen LogP contribution in [0.1, 0.15) is 85.8 Å². The molecule has 1 aliphatic rings. The third-order valence-electron chi connectivity index (χ3n) is 3.98. The Balaban J connectivity index is 2.62. The molecule has 0 aliphatic heterocycles. The van der Waals surface area contributed by atoms with Crippen LogP contribution in [0.3, 0.4) is 0 Å². The van der Waals surface area contributed by atoms with Gasteiger partial charge in [-0.2, -0.15) is 0 Å². The van der Waals surface area contributed by atoms with Crippen LogP contribution >= 0.6 is 0 Å². The molecule has 0 N–H and O–H groups in total. The number of ketones is 1. The smallest absolute Gasteiger partial charge is 0.163 e. The van der Waals surface area contributed by atoms with Crippen LogP contribution < -0.4 is 0 Å². The zero-order valence-electron chi connectivity index (χ0n) is 12.0. The molecular weight excluding hydrogens is 220 g/mol. The molecule has 0 radical (unpaired) electrons. The molecule has 1 nitrogen and oxygen atoms in total. The zero-order chi connectivity index (χ0) is 13.3. The van der Waals surface area contributed by atoms with Crippen molar-refractivity contribution in [1.29, 1.82) is 0 Å². The average Bonchev–Trinajstić information content (AvgIpc) is 2.50. The summed E-state index contributed by atoms with van der Waals surface area (Å²) in [5.41, 5.74) is 5.05. The molecule has 0 aromatic heterocycles. The largest absolute Gasteiger partial charge is 0.294 e. The summed E-state index contributed by atoms with van der Waals surface area (Å²) in [4.78, 5) is 12.3. The highest BCUT2D eigenvalue weighted by Gasteiger charge is 2.21. The molecule has 0 bridgehead atoms. The highest BCUT2D eigenvalue weighted by atomic mass is 16.1. The molecule has 0 unspecified atom stereocenters. The molecule has 0 saturated carbocycles. The minimum atomic E-state index is 0.354. The van der Waals surface area contributed by atoms with Crippen LogP contribution in [-0.2, 0) is 6.42 Å². The number of fused-ring (bicyclic) bond motifs is 1. The monoisotopic (exact) mass is 244 g/mol. The van der Waals surface area contributed by atoms with Crippen molar-refractivity contribution in [3.05, 3.63) is 34.4 Å². The van der Waals surface area contributed by atoms with Gasteiger partial charge in [-0.15, -0.1) is 0 Å². The van der Waals surface area contributed by atoms with Crippen LogP contribution in [0.5, 0.6) is 0 Å². The summed E-state index contributed by atoms with van der Waals surface area (Å²) in [5, 5.41) is 0. The van der Waals surface area contributed by atoms with Gasteiger partial charge in [0.15, 0.2) is 5.78 Å². The SMILES string of the molecule is CC(C)c1cc2c(c(C(C)C)c1)CCCCC2=O. The maximum Gasteiger partial charge on any atom is 0.163 e. The lowest BCUT2D eigenvalue weighted by Gasteiger charge is -2.18. The molecule has 18 heavy (non-hydrogen) atoms. The van der Waals surface area contributed by atoms with Crippen LogP contribution in [-0.4, -0.2) is 5.78 Å². The van der Waals surface area contributed by atoms with E-state index < -0.39 is 0 Å². The third kappa shape index (κ3) is 2.50. The fraction of sp³-hybridized carbons (Fsp3) is 0.588. The van der Waals surface area contributed by atoms with Crippen LogP contribution in [0.4, 0.5) is 0 Å². The lowest BCUT2D eigenvalue weighted by molar-refractivity contribution is 0.0982. The van der Waals surface area contributed by atoms with Gasteiger partial charge in [0.05, 0.1) is 0 Å². The lowest BCUT2D eigenvalue weighted by atomic mass is 9.86. The van der Waals surface area contributed by atoms with Crippen molar-refractivity contribution < 1.29 is 4.79 Å². The molecule has 0 fully saturated rings. The van der Waals surface area contributed by atoms with E-state index in [1.54, 1.807) is 0 Å². The quantitative estimate of drug-likeness (QED) is 0.680. The minimum absolute atomic E-state index is 0.354. The predicted molar refractivity (Wildman–Crippen MR) is 76.5 cm³/mol. The Morgan fingerprint density at radius 3 is 2.22 bits per heavy atom. The van der Waals surface area contributed by atoms with E-state index in [1.165, 1.54) is 16.7 Å². The van der Waals surface area contributed by atoms with Crippen molar-refractivity contribution in [1.82, 2.24) is 0 Å². The number of carbonyl (C=O) groups is 1. The number of hydrogen-bond donors (Lipinski definition) is 0. The van der Waals surface area contributed by atoms with E-state index in [0.717, 1.165) is 31.2 Å². The van der Waals surface area contributed by atoms with Crippen LogP contribution in [0.2, 0.25) is 0 Å². The van der Waals surface area contributed by atoms with Crippen LogP contribution in [0, 0.1) is 0 Å². The molecular formula is C17H24O. The van der Waals surface area contributed by atoms with E-state index in [2.05, 4.69) is 39.8 Å². The molecule has 0 heterocycles. The van der Waals surface area contributed by atoms with Gasteiger partial charge in [-0.1, -0.05) is 33.8 Å². The highest BCUT2D eigenvalue weighted by molar-refractivity contribution is 5.98. The van der Waals surface area contributed by atoms with Crippen molar-refractivity contribution >= 4 is 5.78 Å². The maximum atomic E-state index is 12.3. The van der Waals surface area contributed by atoms with E-state index in [0.29, 0.717) is 17.6 Å².